The summed E-state index contributed by atoms with van der Waals surface area (Å²) in [4.78, 5) is 6.89. The molecule has 1 saturated heterocycles. The Morgan fingerprint density at radius 3 is 3.30 bits per heavy atom. The molecule has 0 aliphatic carbocycles. The average molecular weight is 328 g/mol. The van der Waals surface area contributed by atoms with Crippen molar-refractivity contribution in [3.63, 3.8) is 0 Å². The summed E-state index contributed by atoms with van der Waals surface area (Å²) in [5.74, 6) is 1.60. The van der Waals surface area contributed by atoms with Gasteiger partial charge in [-0.25, -0.2) is 4.98 Å². The van der Waals surface area contributed by atoms with Crippen LogP contribution in [-0.4, -0.2) is 39.2 Å². The van der Waals surface area contributed by atoms with Crippen molar-refractivity contribution in [1.82, 2.24) is 24.9 Å². The first-order valence-electron chi connectivity index (χ1n) is 8.01. The number of rotatable bonds is 5. The minimum atomic E-state index is 0.646. The number of anilines is 1. The smallest absolute Gasteiger partial charge is 0.203 e. The summed E-state index contributed by atoms with van der Waals surface area (Å²) in [5.41, 5.74) is 2.22. The van der Waals surface area contributed by atoms with Crippen LogP contribution in [0.1, 0.15) is 18.4 Å². The van der Waals surface area contributed by atoms with E-state index in [4.69, 9.17) is 0 Å². The van der Waals surface area contributed by atoms with Gasteiger partial charge in [-0.3, -0.25) is 4.40 Å². The van der Waals surface area contributed by atoms with E-state index in [1.165, 1.54) is 18.4 Å². The molecule has 0 unspecified atom stereocenters. The fourth-order valence-corrected chi connectivity index (χ4v) is 3.87. The van der Waals surface area contributed by atoms with Crippen LogP contribution in [0.25, 0.3) is 5.65 Å². The lowest BCUT2D eigenvalue weighted by Crippen LogP contribution is -2.40. The number of aromatic nitrogens is 4. The van der Waals surface area contributed by atoms with Gasteiger partial charge < -0.3 is 10.2 Å². The quantitative estimate of drug-likeness (QED) is 0.778. The lowest BCUT2D eigenvalue weighted by atomic mass is 9.98. The largest absolute Gasteiger partial charge is 0.353 e. The van der Waals surface area contributed by atoms with Crippen molar-refractivity contribution in [2.24, 2.45) is 5.92 Å². The van der Waals surface area contributed by atoms with E-state index < -0.39 is 0 Å². The average Bonchev–Trinajstić information content (AvgIpc) is 3.26. The van der Waals surface area contributed by atoms with E-state index in [2.05, 4.69) is 42.2 Å². The first-order valence-corrected chi connectivity index (χ1v) is 8.95. The van der Waals surface area contributed by atoms with E-state index >= 15 is 0 Å². The van der Waals surface area contributed by atoms with Crippen LogP contribution < -0.4 is 10.2 Å². The Morgan fingerprint density at radius 2 is 2.39 bits per heavy atom. The number of thiophene rings is 1. The van der Waals surface area contributed by atoms with Crippen LogP contribution in [0.3, 0.4) is 0 Å². The zero-order chi connectivity index (χ0) is 15.5. The summed E-state index contributed by atoms with van der Waals surface area (Å²) in [6.07, 6.45) is 7.90. The third kappa shape index (κ3) is 3.20. The van der Waals surface area contributed by atoms with Crippen molar-refractivity contribution in [2.45, 2.75) is 19.4 Å². The summed E-state index contributed by atoms with van der Waals surface area (Å²) in [6, 6.07) is 2.18. The van der Waals surface area contributed by atoms with Crippen LogP contribution in [0, 0.1) is 5.92 Å². The fourth-order valence-electron chi connectivity index (χ4n) is 3.21. The fraction of sp³-hybridized carbons (Fsp3) is 0.438. The zero-order valence-electron chi connectivity index (χ0n) is 12.9. The maximum Gasteiger partial charge on any atom is 0.203 e. The first-order chi connectivity index (χ1) is 11.4. The van der Waals surface area contributed by atoms with Gasteiger partial charge in [0.25, 0.3) is 0 Å². The molecule has 0 aromatic carbocycles. The molecule has 0 bridgehead atoms. The van der Waals surface area contributed by atoms with Gasteiger partial charge in [-0.15, -0.1) is 10.2 Å². The molecule has 23 heavy (non-hydrogen) atoms. The van der Waals surface area contributed by atoms with E-state index in [0.717, 1.165) is 37.6 Å². The van der Waals surface area contributed by atoms with E-state index in [1.54, 1.807) is 17.7 Å². The monoisotopic (exact) mass is 328 g/mol. The Labute approximate surface area is 139 Å². The molecule has 4 rings (SSSR count). The van der Waals surface area contributed by atoms with E-state index in [0.29, 0.717) is 5.92 Å². The normalized spacial score (nSPS) is 18.6. The lowest BCUT2D eigenvalue weighted by Gasteiger charge is -2.33. The van der Waals surface area contributed by atoms with E-state index in [1.807, 2.05) is 16.8 Å². The molecule has 1 aliphatic rings. The topological polar surface area (TPSA) is 58.4 Å². The van der Waals surface area contributed by atoms with Crippen molar-refractivity contribution >= 4 is 22.8 Å². The second kappa shape index (κ2) is 6.64. The Morgan fingerprint density at radius 1 is 1.39 bits per heavy atom. The van der Waals surface area contributed by atoms with Gasteiger partial charge in [0.15, 0.2) is 5.82 Å². The highest BCUT2D eigenvalue weighted by Gasteiger charge is 2.22. The molecule has 4 heterocycles. The molecule has 0 radical (unpaired) electrons. The van der Waals surface area contributed by atoms with Crippen LogP contribution >= 0.6 is 11.3 Å². The third-order valence-corrected chi connectivity index (χ3v) is 5.09. The van der Waals surface area contributed by atoms with Gasteiger partial charge in [-0.2, -0.15) is 11.3 Å². The maximum absolute atomic E-state index is 4.54. The molecule has 120 valence electrons. The Kier molecular flexibility index (Phi) is 4.21. The van der Waals surface area contributed by atoms with Crippen LogP contribution in [0.4, 0.5) is 5.82 Å². The van der Waals surface area contributed by atoms with E-state index in [9.17, 15) is 0 Å². The Balaban J connectivity index is 1.40. The van der Waals surface area contributed by atoms with Crippen LogP contribution in [-0.2, 0) is 6.54 Å². The van der Waals surface area contributed by atoms with Crippen molar-refractivity contribution in [3.8, 4) is 0 Å². The van der Waals surface area contributed by atoms with Gasteiger partial charge in [0.1, 0.15) is 6.33 Å². The summed E-state index contributed by atoms with van der Waals surface area (Å²) >= 11 is 1.75. The summed E-state index contributed by atoms with van der Waals surface area (Å²) < 4.78 is 1.93. The molecule has 6 nitrogen and oxygen atoms in total. The first kappa shape index (κ1) is 14.6. The molecule has 1 atom stereocenters. The lowest BCUT2D eigenvalue weighted by molar-refractivity contribution is 0.390. The zero-order valence-corrected chi connectivity index (χ0v) is 13.7. The number of fused-ring (bicyclic) bond motifs is 1. The summed E-state index contributed by atoms with van der Waals surface area (Å²) in [6.45, 7) is 4.07. The number of hydrogen-bond donors (Lipinski definition) is 1. The molecular weight excluding hydrogens is 308 g/mol. The number of hydrogen-bond acceptors (Lipinski definition) is 6. The van der Waals surface area contributed by atoms with Gasteiger partial charge in [0, 0.05) is 32.0 Å². The highest BCUT2D eigenvalue weighted by molar-refractivity contribution is 7.07. The van der Waals surface area contributed by atoms with Crippen molar-refractivity contribution in [1.29, 1.82) is 0 Å². The van der Waals surface area contributed by atoms with Gasteiger partial charge in [-0.05, 0) is 47.7 Å². The maximum atomic E-state index is 4.54. The molecule has 3 aromatic heterocycles. The number of nitrogens with zero attached hydrogens (tertiary/aromatic N) is 5. The van der Waals surface area contributed by atoms with Crippen molar-refractivity contribution in [2.75, 3.05) is 24.5 Å². The van der Waals surface area contributed by atoms with Crippen molar-refractivity contribution in [3.05, 3.63) is 41.1 Å². The molecule has 1 aliphatic heterocycles. The second-order valence-electron chi connectivity index (χ2n) is 6.03. The van der Waals surface area contributed by atoms with Gasteiger partial charge >= 0.3 is 0 Å². The van der Waals surface area contributed by atoms with E-state index in [-0.39, 0.29) is 0 Å². The molecule has 0 amide bonds. The third-order valence-electron chi connectivity index (χ3n) is 4.36. The molecule has 3 aromatic rings. The number of piperidine rings is 1. The summed E-state index contributed by atoms with van der Waals surface area (Å²) in [7, 11) is 0. The predicted octanol–water partition coefficient (Wildman–Crippen LogP) is 2.19. The highest BCUT2D eigenvalue weighted by Crippen LogP contribution is 2.23. The van der Waals surface area contributed by atoms with Crippen LogP contribution in [0.2, 0.25) is 0 Å². The Bertz CT molecular complexity index is 753. The minimum absolute atomic E-state index is 0.646. The predicted molar refractivity (Wildman–Crippen MR) is 91.7 cm³/mol. The standard InChI is InChI=1S/C16H20N6S/c1-2-13(8-17-9-14-3-7-23-11-14)10-21(5-1)15-16-20-19-12-22(16)6-4-18-15/h3-4,6-7,11-13,17H,1-2,5,8-10H2/t13-/m0/s1. The highest BCUT2D eigenvalue weighted by atomic mass is 32.1. The SMILES string of the molecule is c1cn2cnnc2c(N2CCC[C@@H](CNCc3ccsc3)C2)n1. The molecule has 1 fully saturated rings. The summed E-state index contributed by atoms with van der Waals surface area (Å²) in [5, 5.41) is 16.1. The van der Waals surface area contributed by atoms with Crippen molar-refractivity contribution < 1.29 is 0 Å². The van der Waals surface area contributed by atoms with Crippen LogP contribution in [0.15, 0.2) is 35.5 Å². The van der Waals surface area contributed by atoms with Gasteiger partial charge in [0.05, 0.1) is 0 Å². The minimum Gasteiger partial charge on any atom is -0.353 e. The number of nitrogens with one attached hydrogen (secondary N) is 1. The second-order valence-corrected chi connectivity index (χ2v) is 6.81. The molecule has 0 saturated carbocycles. The molecule has 7 heteroatoms. The molecule has 1 N–H and O–H groups in total. The molecular formula is C16H20N6S. The van der Waals surface area contributed by atoms with Crippen LogP contribution in [0.5, 0.6) is 0 Å². The van der Waals surface area contributed by atoms with Gasteiger partial charge in [-0.1, -0.05) is 0 Å². The van der Waals surface area contributed by atoms with Gasteiger partial charge in [0.2, 0.25) is 5.65 Å². The molecule has 0 spiro atoms. The Hall–Kier alpha value is -1.99.